The van der Waals surface area contributed by atoms with Crippen LogP contribution >= 0.6 is 12.6 Å². The van der Waals surface area contributed by atoms with Gasteiger partial charge in [0.25, 0.3) is 0 Å². The van der Waals surface area contributed by atoms with Crippen LogP contribution in [-0.4, -0.2) is 0 Å². The predicted octanol–water partition coefficient (Wildman–Crippen LogP) is 7.57. The van der Waals surface area contributed by atoms with Crippen molar-refractivity contribution in [2.45, 2.75) is 90.4 Å². The zero-order chi connectivity index (χ0) is 17.2. The summed E-state index contributed by atoms with van der Waals surface area (Å²) in [6.45, 7) is 10.6. The van der Waals surface area contributed by atoms with Gasteiger partial charge in [-0.15, -0.1) is 12.6 Å². The maximum Gasteiger partial charge on any atom is -0.000574 e. The second-order valence-electron chi connectivity index (χ2n) is 9.57. The second-order valence-corrected chi connectivity index (χ2v) is 10.1. The first-order chi connectivity index (χ1) is 11.5. The summed E-state index contributed by atoms with van der Waals surface area (Å²) in [5, 5.41) is 0. The highest BCUT2D eigenvalue weighted by molar-refractivity contribution is 7.84. The summed E-state index contributed by atoms with van der Waals surface area (Å²) in [6.07, 6.45) is 19.0. The lowest BCUT2D eigenvalue weighted by Gasteiger charge is -2.47. The van der Waals surface area contributed by atoms with Crippen molar-refractivity contribution in [3.8, 4) is 0 Å². The van der Waals surface area contributed by atoms with Gasteiger partial charge in [-0.25, -0.2) is 0 Å². The fourth-order valence-electron chi connectivity index (χ4n) is 6.16. The SMILES string of the molecule is C=C(S)C(=C)CC1CCCC2(CCC(C3CCC(C)CC3)CC2)C1. The Bertz CT molecular complexity index is 447. The van der Waals surface area contributed by atoms with E-state index in [1.165, 1.54) is 82.6 Å². The van der Waals surface area contributed by atoms with E-state index in [4.69, 9.17) is 0 Å². The van der Waals surface area contributed by atoms with Crippen LogP contribution in [0.1, 0.15) is 90.4 Å². The predicted molar refractivity (Wildman–Crippen MR) is 109 cm³/mol. The van der Waals surface area contributed by atoms with Crippen molar-refractivity contribution in [1.82, 2.24) is 0 Å². The summed E-state index contributed by atoms with van der Waals surface area (Å²) < 4.78 is 0. The summed E-state index contributed by atoms with van der Waals surface area (Å²) in [4.78, 5) is 0.893. The molecule has 0 heterocycles. The Labute approximate surface area is 156 Å². The Kier molecular flexibility index (Phi) is 6.22. The monoisotopic (exact) mass is 346 g/mol. The molecule has 1 heteroatoms. The minimum absolute atomic E-state index is 0.680. The summed E-state index contributed by atoms with van der Waals surface area (Å²) >= 11 is 4.39. The molecule has 0 aromatic heterocycles. The smallest absolute Gasteiger partial charge is 0.000574 e. The van der Waals surface area contributed by atoms with E-state index in [2.05, 4.69) is 32.7 Å². The molecule has 0 aromatic carbocycles. The molecule has 1 atom stereocenters. The van der Waals surface area contributed by atoms with E-state index in [9.17, 15) is 0 Å². The van der Waals surface area contributed by atoms with E-state index < -0.39 is 0 Å². The quantitative estimate of drug-likeness (QED) is 0.394. The van der Waals surface area contributed by atoms with Gasteiger partial charge in [-0.3, -0.25) is 0 Å². The van der Waals surface area contributed by atoms with Gasteiger partial charge in [0.1, 0.15) is 0 Å². The summed E-state index contributed by atoms with van der Waals surface area (Å²) in [5.41, 5.74) is 1.85. The van der Waals surface area contributed by atoms with E-state index in [-0.39, 0.29) is 0 Å². The molecule has 1 unspecified atom stereocenters. The maximum atomic E-state index is 4.39. The minimum atomic E-state index is 0.680. The molecule has 0 bridgehead atoms. The fourth-order valence-corrected chi connectivity index (χ4v) is 6.25. The molecule has 0 aromatic rings. The van der Waals surface area contributed by atoms with E-state index >= 15 is 0 Å². The minimum Gasteiger partial charge on any atom is -0.144 e. The van der Waals surface area contributed by atoms with Crippen molar-refractivity contribution in [3.05, 3.63) is 23.6 Å². The lowest BCUT2D eigenvalue weighted by Crippen LogP contribution is -2.35. The third kappa shape index (κ3) is 4.51. The first-order valence-corrected chi connectivity index (χ1v) is 11.0. The Morgan fingerprint density at radius 1 is 0.917 bits per heavy atom. The summed E-state index contributed by atoms with van der Waals surface area (Å²) in [7, 11) is 0. The lowest BCUT2D eigenvalue weighted by atomic mass is 9.58. The molecule has 3 aliphatic rings. The van der Waals surface area contributed by atoms with Gasteiger partial charge in [0.2, 0.25) is 0 Å². The number of allylic oxidation sites excluding steroid dienone is 1. The first-order valence-electron chi connectivity index (χ1n) is 10.5. The Morgan fingerprint density at radius 3 is 2.17 bits per heavy atom. The Hall–Kier alpha value is -0.170. The molecule has 24 heavy (non-hydrogen) atoms. The molecule has 0 N–H and O–H groups in total. The first kappa shape index (κ1) is 18.6. The molecular formula is C23H38S. The van der Waals surface area contributed by atoms with Gasteiger partial charge in [-0.1, -0.05) is 45.8 Å². The molecule has 0 saturated heterocycles. The fraction of sp³-hybridized carbons (Fsp3) is 0.826. The zero-order valence-corrected chi connectivity index (χ0v) is 16.8. The average Bonchev–Trinajstić information content (AvgIpc) is 2.56. The molecule has 0 aliphatic heterocycles. The largest absolute Gasteiger partial charge is 0.144 e. The van der Waals surface area contributed by atoms with Crippen molar-refractivity contribution in [3.63, 3.8) is 0 Å². The summed E-state index contributed by atoms with van der Waals surface area (Å²) in [5.74, 6) is 3.94. The number of rotatable bonds is 4. The van der Waals surface area contributed by atoms with E-state index in [1.54, 1.807) is 0 Å². The number of hydrogen-bond acceptors (Lipinski definition) is 1. The molecule has 0 radical (unpaired) electrons. The van der Waals surface area contributed by atoms with Crippen LogP contribution < -0.4 is 0 Å². The van der Waals surface area contributed by atoms with Crippen LogP contribution in [-0.2, 0) is 0 Å². The Morgan fingerprint density at radius 2 is 1.54 bits per heavy atom. The average molecular weight is 347 g/mol. The van der Waals surface area contributed by atoms with Gasteiger partial charge in [0, 0.05) is 0 Å². The van der Waals surface area contributed by atoms with Crippen LogP contribution in [0.4, 0.5) is 0 Å². The third-order valence-corrected chi connectivity index (χ3v) is 8.12. The van der Waals surface area contributed by atoms with Gasteiger partial charge in [-0.2, -0.15) is 0 Å². The molecule has 0 nitrogen and oxygen atoms in total. The van der Waals surface area contributed by atoms with E-state index in [1.807, 2.05) is 0 Å². The van der Waals surface area contributed by atoms with E-state index in [0.717, 1.165) is 35.0 Å². The van der Waals surface area contributed by atoms with Crippen LogP contribution in [0.3, 0.4) is 0 Å². The van der Waals surface area contributed by atoms with Gasteiger partial charge in [-0.05, 0) is 97.4 Å². The second kappa shape index (κ2) is 8.02. The molecule has 136 valence electrons. The van der Waals surface area contributed by atoms with Crippen LogP contribution in [0.2, 0.25) is 0 Å². The maximum absolute atomic E-state index is 4.39. The molecule has 3 fully saturated rings. The van der Waals surface area contributed by atoms with Crippen molar-refractivity contribution >= 4 is 12.6 Å². The van der Waals surface area contributed by atoms with Crippen molar-refractivity contribution in [1.29, 1.82) is 0 Å². The van der Waals surface area contributed by atoms with Crippen molar-refractivity contribution < 1.29 is 0 Å². The van der Waals surface area contributed by atoms with Gasteiger partial charge >= 0.3 is 0 Å². The Balaban J connectivity index is 1.51. The van der Waals surface area contributed by atoms with Crippen molar-refractivity contribution in [2.75, 3.05) is 0 Å². The highest BCUT2D eigenvalue weighted by Gasteiger charge is 2.41. The van der Waals surface area contributed by atoms with Gasteiger partial charge in [0.15, 0.2) is 0 Å². The van der Waals surface area contributed by atoms with E-state index in [0.29, 0.717) is 5.41 Å². The summed E-state index contributed by atoms with van der Waals surface area (Å²) in [6, 6.07) is 0. The topological polar surface area (TPSA) is 0 Å². The molecule has 0 amide bonds. The molecular weight excluding hydrogens is 308 g/mol. The van der Waals surface area contributed by atoms with Crippen LogP contribution in [0.25, 0.3) is 0 Å². The molecule has 3 rings (SSSR count). The van der Waals surface area contributed by atoms with Gasteiger partial charge < -0.3 is 0 Å². The zero-order valence-electron chi connectivity index (χ0n) is 15.9. The number of thiol groups is 1. The van der Waals surface area contributed by atoms with Crippen LogP contribution in [0.5, 0.6) is 0 Å². The highest BCUT2D eigenvalue weighted by atomic mass is 32.1. The highest BCUT2D eigenvalue weighted by Crippen LogP contribution is 2.53. The van der Waals surface area contributed by atoms with Crippen LogP contribution in [0.15, 0.2) is 23.6 Å². The van der Waals surface area contributed by atoms with Gasteiger partial charge in [0.05, 0.1) is 0 Å². The third-order valence-electron chi connectivity index (χ3n) is 7.80. The standard InChI is InChI=1S/C23H38S/c1-17-6-8-21(9-7-17)22-10-13-23(14-11-22)12-4-5-20(16-23)15-18(2)19(3)24/h17,20-22,24H,2-16H2,1H3. The lowest BCUT2D eigenvalue weighted by molar-refractivity contribution is 0.0436. The number of hydrogen-bond donors (Lipinski definition) is 1. The molecule has 1 spiro atoms. The normalized spacial score (nSPS) is 40.4. The van der Waals surface area contributed by atoms with Crippen molar-refractivity contribution in [2.24, 2.45) is 29.1 Å². The van der Waals surface area contributed by atoms with Crippen LogP contribution in [0, 0.1) is 29.1 Å². The molecule has 3 aliphatic carbocycles. The molecule has 3 saturated carbocycles.